The SMILES string of the molecule is CCC(C)CC(C)CC(C)CC(C)CC(C)CC(C)CC(C)CC(C)CC(C)CC(C)CC(C)CC(C)Cn1cc(CO[C@@H]2O[C@H](CO)[C@H](O)[C@H](O)[C@H]2O)nn1. The van der Waals surface area contributed by atoms with Gasteiger partial charge in [0, 0.05) is 6.54 Å². The molecule has 330 valence electrons. The fraction of sp³-hybridized carbons (Fsp3) is 0.957. The quantitative estimate of drug-likeness (QED) is 0.0631. The molecule has 0 saturated carbocycles. The molecule has 12 unspecified atom stereocenters. The van der Waals surface area contributed by atoms with E-state index in [1.54, 1.807) is 0 Å². The lowest BCUT2D eigenvalue weighted by atomic mass is 9.79. The van der Waals surface area contributed by atoms with Crippen LogP contribution in [0.25, 0.3) is 0 Å². The van der Waals surface area contributed by atoms with Gasteiger partial charge in [-0.2, -0.15) is 0 Å². The van der Waals surface area contributed by atoms with Crippen molar-refractivity contribution in [2.45, 2.75) is 211 Å². The highest BCUT2D eigenvalue weighted by Gasteiger charge is 2.44. The third-order valence-electron chi connectivity index (χ3n) is 12.9. The van der Waals surface area contributed by atoms with Crippen molar-refractivity contribution in [1.29, 1.82) is 0 Å². The Hall–Kier alpha value is -1.10. The third kappa shape index (κ3) is 19.8. The van der Waals surface area contributed by atoms with Gasteiger partial charge in [0.15, 0.2) is 6.29 Å². The average molecular weight is 794 g/mol. The molecule has 1 fully saturated rings. The summed E-state index contributed by atoms with van der Waals surface area (Å²) in [4.78, 5) is 0. The minimum Gasteiger partial charge on any atom is -0.394 e. The fourth-order valence-corrected chi connectivity index (χ4v) is 10.9. The smallest absolute Gasteiger partial charge is 0.187 e. The Morgan fingerprint density at radius 1 is 0.554 bits per heavy atom. The van der Waals surface area contributed by atoms with Gasteiger partial charge >= 0.3 is 0 Å². The molecule has 0 amide bonds. The van der Waals surface area contributed by atoms with E-state index in [4.69, 9.17) is 9.47 Å². The van der Waals surface area contributed by atoms with Crippen molar-refractivity contribution in [1.82, 2.24) is 15.0 Å². The Labute approximate surface area is 344 Å². The van der Waals surface area contributed by atoms with E-state index in [9.17, 15) is 20.4 Å². The summed E-state index contributed by atoms with van der Waals surface area (Å²) in [5.41, 5.74) is 0.579. The predicted molar refractivity (Wildman–Crippen MR) is 230 cm³/mol. The molecule has 1 aromatic rings. The molecule has 2 heterocycles. The Morgan fingerprint density at radius 3 is 1.27 bits per heavy atom. The Kier molecular flexibility index (Phi) is 23.9. The zero-order valence-corrected chi connectivity index (χ0v) is 38.4. The number of hydrogen-bond acceptors (Lipinski definition) is 8. The molecule has 9 heteroatoms. The van der Waals surface area contributed by atoms with Gasteiger partial charge in [-0.3, -0.25) is 4.68 Å². The van der Waals surface area contributed by atoms with E-state index in [-0.39, 0.29) is 6.61 Å². The summed E-state index contributed by atoms with van der Waals surface area (Å²) in [6.07, 6.45) is 11.2. The van der Waals surface area contributed by atoms with Crippen LogP contribution in [0.3, 0.4) is 0 Å². The van der Waals surface area contributed by atoms with Crippen LogP contribution < -0.4 is 0 Å². The van der Waals surface area contributed by atoms with Crippen molar-refractivity contribution in [3.05, 3.63) is 11.9 Å². The maximum atomic E-state index is 10.2. The van der Waals surface area contributed by atoms with Gasteiger partial charge in [-0.05, 0) is 142 Å². The summed E-state index contributed by atoms with van der Waals surface area (Å²) in [6.45, 7) is 32.0. The van der Waals surface area contributed by atoms with Crippen LogP contribution in [0, 0.1) is 71.0 Å². The van der Waals surface area contributed by atoms with E-state index in [1.807, 2.05) is 10.9 Å². The molecule has 0 bridgehead atoms. The van der Waals surface area contributed by atoms with E-state index in [0.29, 0.717) is 23.4 Å². The molecule has 56 heavy (non-hydrogen) atoms. The maximum Gasteiger partial charge on any atom is 0.187 e. The molecule has 1 saturated heterocycles. The molecule has 4 N–H and O–H groups in total. The molecule has 0 aromatic carbocycles. The molecule has 0 radical (unpaired) electrons. The number of aromatic nitrogens is 3. The van der Waals surface area contributed by atoms with Gasteiger partial charge in [0.05, 0.1) is 19.4 Å². The first-order valence-electron chi connectivity index (χ1n) is 23.1. The monoisotopic (exact) mass is 794 g/mol. The van der Waals surface area contributed by atoms with E-state index in [0.717, 1.165) is 66.2 Å². The lowest BCUT2D eigenvalue weighted by Gasteiger charge is -2.39. The van der Waals surface area contributed by atoms with Crippen LogP contribution in [0.15, 0.2) is 6.20 Å². The van der Waals surface area contributed by atoms with E-state index in [2.05, 4.69) is 100 Å². The van der Waals surface area contributed by atoms with Crippen LogP contribution in [-0.2, 0) is 22.6 Å². The minimum atomic E-state index is -1.47. The number of hydrogen-bond donors (Lipinski definition) is 4. The van der Waals surface area contributed by atoms with E-state index >= 15 is 0 Å². The number of aliphatic hydroxyl groups is 4. The third-order valence-corrected chi connectivity index (χ3v) is 12.9. The van der Waals surface area contributed by atoms with Gasteiger partial charge in [0.2, 0.25) is 0 Å². The second-order valence-electron chi connectivity index (χ2n) is 20.7. The lowest BCUT2D eigenvalue weighted by molar-refractivity contribution is -0.304. The van der Waals surface area contributed by atoms with Gasteiger partial charge in [-0.1, -0.05) is 102 Å². The van der Waals surface area contributed by atoms with Gasteiger partial charge in [-0.15, -0.1) is 5.10 Å². The topological polar surface area (TPSA) is 130 Å². The Bertz CT molecular complexity index is 1150. The first-order chi connectivity index (χ1) is 26.3. The van der Waals surface area contributed by atoms with Crippen LogP contribution >= 0.6 is 0 Å². The highest BCUT2D eigenvalue weighted by molar-refractivity contribution is 4.92. The second kappa shape index (κ2) is 26.2. The Balaban J connectivity index is 1.63. The van der Waals surface area contributed by atoms with Crippen molar-refractivity contribution in [2.24, 2.45) is 71.0 Å². The maximum absolute atomic E-state index is 10.2. The average Bonchev–Trinajstić information content (AvgIpc) is 3.52. The largest absolute Gasteiger partial charge is 0.394 e. The molecule has 17 atom stereocenters. The van der Waals surface area contributed by atoms with Crippen molar-refractivity contribution >= 4 is 0 Å². The molecular formula is C47H91N3O6. The predicted octanol–water partition coefficient (Wildman–Crippen LogP) is 9.93. The van der Waals surface area contributed by atoms with Gasteiger partial charge in [0.1, 0.15) is 30.1 Å². The summed E-state index contributed by atoms with van der Waals surface area (Å²) < 4.78 is 12.9. The highest BCUT2D eigenvalue weighted by Crippen LogP contribution is 2.33. The van der Waals surface area contributed by atoms with Crippen molar-refractivity contribution in [3.63, 3.8) is 0 Å². The van der Waals surface area contributed by atoms with Crippen LogP contribution in [0.5, 0.6) is 0 Å². The zero-order valence-electron chi connectivity index (χ0n) is 38.4. The standard InChI is InChI=1S/C47H91N3O6/c1-14-30(2)15-31(3)16-32(4)17-33(5)18-34(6)19-35(7)20-36(8)21-37(9)22-38(10)23-39(11)24-40(12)25-41(13)26-50-27-42(48-49-50)29-55-47-46(54)45(53)44(52)43(28-51)56-47/h27,30-41,43-47,51-54H,14-26,28-29H2,1-13H3/t30?,31?,32?,33?,34?,35?,36?,37?,38?,39?,40?,41?,43-,44+,45+,46-,47-/m1/s1. The number of ether oxygens (including phenoxy) is 2. The minimum absolute atomic E-state index is 0.0244. The number of rotatable bonds is 29. The highest BCUT2D eigenvalue weighted by atomic mass is 16.7. The van der Waals surface area contributed by atoms with Crippen molar-refractivity contribution < 1.29 is 29.9 Å². The second-order valence-corrected chi connectivity index (χ2v) is 20.7. The molecule has 1 aliphatic rings. The first kappa shape index (κ1) is 51.0. The molecule has 0 spiro atoms. The van der Waals surface area contributed by atoms with Gasteiger partial charge in [-0.25, -0.2) is 0 Å². The Morgan fingerprint density at radius 2 is 0.911 bits per heavy atom. The summed E-state index contributed by atoms with van der Waals surface area (Å²) in [5.74, 6) is 9.08. The van der Waals surface area contributed by atoms with Crippen molar-refractivity contribution in [3.8, 4) is 0 Å². The fourth-order valence-electron chi connectivity index (χ4n) is 10.9. The summed E-state index contributed by atoms with van der Waals surface area (Å²) >= 11 is 0. The number of aliphatic hydroxyl groups excluding tert-OH is 4. The number of nitrogens with zero attached hydrogens (tertiary/aromatic N) is 3. The molecule has 1 aromatic heterocycles. The summed E-state index contributed by atoms with van der Waals surface area (Å²) in [5, 5.41) is 48.1. The molecule has 1 aliphatic heterocycles. The van der Waals surface area contributed by atoms with Crippen LogP contribution in [0.2, 0.25) is 0 Å². The lowest BCUT2D eigenvalue weighted by Crippen LogP contribution is -2.59. The van der Waals surface area contributed by atoms with Crippen LogP contribution in [0.4, 0.5) is 0 Å². The van der Waals surface area contributed by atoms with E-state index in [1.165, 1.54) is 70.6 Å². The van der Waals surface area contributed by atoms with Crippen LogP contribution in [0.1, 0.15) is 173 Å². The molecule has 2 rings (SSSR count). The summed E-state index contributed by atoms with van der Waals surface area (Å²) in [6, 6.07) is 0. The van der Waals surface area contributed by atoms with Crippen LogP contribution in [-0.4, -0.2) is 72.7 Å². The molecular weight excluding hydrogens is 703 g/mol. The van der Waals surface area contributed by atoms with Gasteiger partial charge < -0.3 is 29.9 Å². The molecule has 9 nitrogen and oxygen atoms in total. The van der Waals surface area contributed by atoms with E-state index < -0.39 is 37.3 Å². The molecule has 0 aliphatic carbocycles. The van der Waals surface area contributed by atoms with Gasteiger partial charge in [0.25, 0.3) is 0 Å². The zero-order chi connectivity index (χ0) is 42.1. The van der Waals surface area contributed by atoms with Crippen molar-refractivity contribution in [2.75, 3.05) is 6.61 Å². The normalized spacial score (nSPS) is 27.1. The summed E-state index contributed by atoms with van der Waals surface area (Å²) in [7, 11) is 0. The first-order valence-corrected chi connectivity index (χ1v) is 23.1.